The number of unbranched alkanes of at least 4 members (excludes halogenated alkanes) is 1. The molecule has 0 fully saturated rings. The third kappa shape index (κ3) is 5.17. The van der Waals surface area contributed by atoms with Crippen LogP contribution in [0.4, 0.5) is 0 Å². The summed E-state index contributed by atoms with van der Waals surface area (Å²) in [5.41, 5.74) is 0.755. The fourth-order valence-corrected chi connectivity index (χ4v) is 1.48. The van der Waals surface area contributed by atoms with E-state index in [9.17, 15) is 9.90 Å². The highest BCUT2D eigenvalue weighted by Crippen LogP contribution is 2.21. The largest absolute Gasteiger partial charge is 0.508 e. The Labute approximate surface area is 99.8 Å². The van der Waals surface area contributed by atoms with Gasteiger partial charge in [-0.1, -0.05) is 18.2 Å². The Morgan fingerprint density at radius 2 is 1.94 bits per heavy atom. The Morgan fingerprint density at radius 3 is 2.53 bits per heavy atom. The van der Waals surface area contributed by atoms with Gasteiger partial charge in [-0.25, -0.2) is 4.79 Å². The van der Waals surface area contributed by atoms with Gasteiger partial charge in [0, 0.05) is 6.08 Å². The lowest BCUT2D eigenvalue weighted by molar-refractivity contribution is -0.131. The number of rotatable bonds is 6. The number of hydrogen-bond acceptors (Lipinski definition) is 3. The van der Waals surface area contributed by atoms with Crippen LogP contribution in [-0.2, 0) is 4.79 Å². The van der Waals surface area contributed by atoms with Gasteiger partial charge in [-0.3, -0.25) is 0 Å². The van der Waals surface area contributed by atoms with Gasteiger partial charge in [-0.15, -0.1) is 0 Å². The molecule has 0 unspecified atom stereocenters. The van der Waals surface area contributed by atoms with Crippen LogP contribution in [0.3, 0.4) is 0 Å². The van der Waals surface area contributed by atoms with Crippen LogP contribution >= 0.6 is 0 Å². The average molecular weight is 236 g/mol. The number of allylic oxidation sites excluding steroid dienone is 1. The van der Waals surface area contributed by atoms with Crippen molar-refractivity contribution in [3.8, 4) is 5.75 Å². The first-order valence-electron chi connectivity index (χ1n) is 5.46. The van der Waals surface area contributed by atoms with Crippen molar-refractivity contribution in [1.29, 1.82) is 0 Å². The summed E-state index contributed by atoms with van der Waals surface area (Å²) < 4.78 is 0. The lowest BCUT2D eigenvalue weighted by Crippen LogP contribution is -1.96. The standard InChI is InChI=1S/C13H16O4/c14-11-8-6-10(7-9-11)12(15)4-2-1-3-5-13(16)17/h3,5-9,12,14-15H,1-2,4H2,(H,16,17)/b5-3+/t12-/m1/s1. The van der Waals surface area contributed by atoms with E-state index in [4.69, 9.17) is 10.2 Å². The molecule has 0 bridgehead atoms. The molecule has 0 saturated heterocycles. The number of phenols is 1. The Kier molecular flexibility index (Phi) is 5.23. The van der Waals surface area contributed by atoms with Crippen molar-refractivity contribution < 1.29 is 20.1 Å². The van der Waals surface area contributed by atoms with Crippen molar-refractivity contribution >= 4 is 5.97 Å². The second-order valence-corrected chi connectivity index (χ2v) is 3.78. The minimum atomic E-state index is -0.955. The molecule has 0 heterocycles. The molecule has 1 aromatic carbocycles. The number of benzene rings is 1. The molecule has 0 aliphatic rings. The van der Waals surface area contributed by atoms with Gasteiger partial charge in [-0.2, -0.15) is 0 Å². The Hall–Kier alpha value is -1.81. The highest BCUT2D eigenvalue weighted by atomic mass is 16.4. The summed E-state index contributed by atoms with van der Waals surface area (Å²) in [4.78, 5) is 10.2. The molecule has 4 nitrogen and oxygen atoms in total. The minimum Gasteiger partial charge on any atom is -0.508 e. The first-order chi connectivity index (χ1) is 8.09. The van der Waals surface area contributed by atoms with E-state index < -0.39 is 12.1 Å². The molecule has 0 amide bonds. The van der Waals surface area contributed by atoms with Gasteiger partial charge in [0.1, 0.15) is 5.75 Å². The highest BCUT2D eigenvalue weighted by molar-refractivity contribution is 5.79. The van der Waals surface area contributed by atoms with Gasteiger partial charge in [-0.05, 0) is 37.0 Å². The van der Waals surface area contributed by atoms with Crippen molar-refractivity contribution in [2.45, 2.75) is 25.4 Å². The van der Waals surface area contributed by atoms with Gasteiger partial charge in [0.05, 0.1) is 6.10 Å². The number of aliphatic hydroxyl groups is 1. The number of carbonyl (C=O) groups is 1. The van der Waals surface area contributed by atoms with Crippen molar-refractivity contribution in [2.24, 2.45) is 0 Å². The van der Waals surface area contributed by atoms with E-state index in [0.29, 0.717) is 19.3 Å². The number of aliphatic carboxylic acids is 1. The van der Waals surface area contributed by atoms with Crippen molar-refractivity contribution in [2.75, 3.05) is 0 Å². The molecule has 0 aliphatic heterocycles. The van der Waals surface area contributed by atoms with E-state index in [1.54, 1.807) is 18.2 Å². The smallest absolute Gasteiger partial charge is 0.327 e. The van der Waals surface area contributed by atoms with Crippen LogP contribution in [0.2, 0.25) is 0 Å². The lowest BCUT2D eigenvalue weighted by atomic mass is 10.0. The van der Waals surface area contributed by atoms with E-state index in [1.165, 1.54) is 12.1 Å². The zero-order chi connectivity index (χ0) is 12.7. The number of hydrogen-bond donors (Lipinski definition) is 3. The van der Waals surface area contributed by atoms with Crippen molar-refractivity contribution in [3.63, 3.8) is 0 Å². The van der Waals surface area contributed by atoms with Gasteiger partial charge < -0.3 is 15.3 Å². The molecule has 0 saturated carbocycles. The van der Waals surface area contributed by atoms with E-state index >= 15 is 0 Å². The molecule has 0 aliphatic carbocycles. The number of carboxylic acids is 1. The zero-order valence-electron chi connectivity index (χ0n) is 9.41. The SMILES string of the molecule is O=C(O)/C=C/CCC[C@@H](O)c1ccc(O)cc1. The normalized spacial score (nSPS) is 12.8. The Balaban J connectivity index is 2.32. The molecule has 4 heteroatoms. The van der Waals surface area contributed by atoms with Gasteiger partial charge in [0.15, 0.2) is 0 Å². The third-order valence-electron chi connectivity index (χ3n) is 2.39. The summed E-state index contributed by atoms with van der Waals surface area (Å²) in [7, 11) is 0. The summed E-state index contributed by atoms with van der Waals surface area (Å²) in [6, 6.07) is 6.41. The summed E-state index contributed by atoms with van der Waals surface area (Å²) in [6.45, 7) is 0. The van der Waals surface area contributed by atoms with Crippen LogP contribution in [0.5, 0.6) is 5.75 Å². The number of aromatic hydroxyl groups is 1. The maximum Gasteiger partial charge on any atom is 0.327 e. The Morgan fingerprint density at radius 1 is 1.29 bits per heavy atom. The van der Waals surface area contributed by atoms with E-state index in [2.05, 4.69) is 0 Å². The zero-order valence-corrected chi connectivity index (χ0v) is 9.41. The first kappa shape index (κ1) is 13.3. The van der Waals surface area contributed by atoms with Gasteiger partial charge in [0.25, 0.3) is 0 Å². The number of phenolic OH excluding ortho intramolecular Hbond substituents is 1. The Bertz CT molecular complexity index is 381. The lowest BCUT2D eigenvalue weighted by Gasteiger charge is -2.09. The molecule has 92 valence electrons. The molecule has 0 radical (unpaired) electrons. The number of carboxylic acid groups (broad SMARTS) is 1. The fourth-order valence-electron chi connectivity index (χ4n) is 1.48. The van der Waals surface area contributed by atoms with Crippen LogP contribution in [0.15, 0.2) is 36.4 Å². The maximum atomic E-state index is 10.2. The first-order valence-corrected chi connectivity index (χ1v) is 5.46. The average Bonchev–Trinajstić information content (AvgIpc) is 2.29. The molecule has 1 aromatic rings. The molecular weight excluding hydrogens is 220 g/mol. The topological polar surface area (TPSA) is 77.8 Å². The van der Waals surface area contributed by atoms with E-state index in [1.807, 2.05) is 0 Å². The molecule has 1 atom stereocenters. The molecule has 1 rings (SSSR count). The summed E-state index contributed by atoms with van der Waals surface area (Å²) in [5.74, 6) is -0.783. The predicted octanol–water partition coefficient (Wildman–Crippen LogP) is 2.24. The van der Waals surface area contributed by atoms with Crippen LogP contribution in [0, 0.1) is 0 Å². The maximum absolute atomic E-state index is 10.2. The summed E-state index contributed by atoms with van der Waals surface area (Å²) >= 11 is 0. The molecular formula is C13H16O4. The molecule has 17 heavy (non-hydrogen) atoms. The summed E-state index contributed by atoms with van der Waals surface area (Å²) in [5, 5.41) is 27.3. The van der Waals surface area contributed by atoms with Crippen LogP contribution in [0.25, 0.3) is 0 Å². The second kappa shape index (κ2) is 6.70. The highest BCUT2D eigenvalue weighted by Gasteiger charge is 2.06. The van der Waals surface area contributed by atoms with Crippen molar-refractivity contribution in [3.05, 3.63) is 42.0 Å². The molecule has 3 N–H and O–H groups in total. The van der Waals surface area contributed by atoms with E-state index in [-0.39, 0.29) is 5.75 Å². The van der Waals surface area contributed by atoms with Crippen molar-refractivity contribution in [1.82, 2.24) is 0 Å². The molecule has 0 aromatic heterocycles. The van der Waals surface area contributed by atoms with E-state index in [0.717, 1.165) is 11.6 Å². The summed E-state index contributed by atoms with van der Waals surface area (Å²) in [6.07, 6.45) is 4.01. The van der Waals surface area contributed by atoms with Crippen LogP contribution in [0.1, 0.15) is 30.9 Å². The minimum absolute atomic E-state index is 0.172. The predicted molar refractivity (Wildman–Crippen MR) is 63.7 cm³/mol. The second-order valence-electron chi connectivity index (χ2n) is 3.78. The van der Waals surface area contributed by atoms with Crippen LogP contribution in [-0.4, -0.2) is 21.3 Å². The quantitative estimate of drug-likeness (QED) is 0.523. The van der Waals surface area contributed by atoms with Gasteiger partial charge in [0.2, 0.25) is 0 Å². The van der Waals surface area contributed by atoms with Gasteiger partial charge >= 0.3 is 5.97 Å². The molecule has 0 spiro atoms. The monoisotopic (exact) mass is 236 g/mol. The van der Waals surface area contributed by atoms with Crippen LogP contribution < -0.4 is 0 Å². The third-order valence-corrected chi connectivity index (χ3v) is 2.39. The fraction of sp³-hybridized carbons (Fsp3) is 0.308. The number of aliphatic hydroxyl groups excluding tert-OH is 1.